The van der Waals surface area contributed by atoms with Crippen LogP contribution in [0, 0.1) is 0 Å². The summed E-state index contributed by atoms with van der Waals surface area (Å²) < 4.78 is 11.5. The summed E-state index contributed by atoms with van der Waals surface area (Å²) in [5.41, 5.74) is 0. The minimum atomic E-state index is -1.26. The number of ether oxygens (including phenoxy) is 2. The first kappa shape index (κ1) is 24.7. The molecule has 0 spiro atoms. The van der Waals surface area contributed by atoms with Crippen molar-refractivity contribution in [1.82, 2.24) is 4.90 Å². The number of benzene rings is 1. The van der Waals surface area contributed by atoms with E-state index in [1.807, 2.05) is 6.92 Å². The molecule has 2 N–H and O–H groups in total. The van der Waals surface area contributed by atoms with Crippen LogP contribution in [-0.2, 0) is 19.1 Å². The van der Waals surface area contributed by atoms with Gasteiger partial charge < -0.3 is 24.6 Å². The summed E-state index contributed by atoms with van der Waals surface area (Å²) in [6.45, 7) is 1.93. The van der Waals surface area contributed by atoms with Crippen molar-refractivity contribution in [2.24, 2.45) is 0 Å². The number of halogens is 1. The lowest BCUT2D eigenvalue weighted by Gasteiger charge is -2.36. The van der Waals surface area contributed by atoms with Crippen LogP contribution >= 0.6 is 11.6 Å². The average Bonchev–Trinajstić information content (AvgIpc) is 2.92. The zero-order valence-electron chi connectivity index (χ0n) is 17.6. The van der Waals surface area contributed by atoms with Crippen LogP contribution in [0.1, 0.15) is 39.0 Å². The standard InChI is InChI=1S/C18H24ClNO3.C4H4O4/c1-3-17(22-15-8-4-12(19)5-9-15)18(21)23-16-10-13-6-7-14(11-16)20(13)2;5-3(6)1-2-4(7)8/h4-5,8-9,13-14,16-17H,3,6-7,10-11H2,1-2H3;1-2H,(H,5,6)(H,7,8)/b;2-1-/t13-,14+,16?,17-;/m1./s1. The molecule has 2 bridgehead atoms. The Hall–Kier alpha value is -2.58. The number of carbonyl (C=O) groups is 3. The number of carboxylic acids is 2. The van der Waals surface area contributed by atoms with Gasteiger partial charge in [-0.3, -0.25) is 0 Å². The summed E-state index contributed by atoms with van der Waals surface area (Å²) in [7, 11) is 2.18. The fraction of sp³-hybridized carbons (Fsp3) is 0.500. The van der Waals surface area contributed by atoms with E-state index in [9.17, 15) is 14.4 Å². The number of esters is 1. The first-order chi connectivity index (χ1) is 14.7. The minimum absolute atomic E-state index is 0.0269. The quantitative estimate of drug-likeness (QED) is 0.477. The number of hydrogen-bond donors (Lipinski definition) is 2. The van der Waals surface area contributed by atoms with Crippen molar-refractivity contribution in [1.29, 1.82) is 0 Å². The zero-order chi connectivity index (χ0) is 23.0. The molecule has 0 amide bonds. The number of piperidine rings is 1. The monoisotopic (exact) mass is 453 g/mol. The number of hydrogen-bond acceptors (Lipinski definition) is 6. The predicted octanol–water partition coefficient (Wildman–Crippen LogP) is 3.38. The largest absolute Gasteiger partial charge is 0.479 e. The third-order valence-electron chi connectivity index (χ3n) is 5.43. The molecule has 0 aliphatic carbocycles. The highest BCUT2D eigenvalue weighted by Crippen LogP contribution is 2.35. The summed E-state index contributed by atoms with van der Waals surface area (Å²) in [6, 6.07) is 8.17. The maximum Gasteiger partial charge on any atom is 0.347 e. The number of fused-ring (bicyclic) bond motifs is 2. The van der Waals surface area contributed by atoms with Gasteiger partial charge in [0.2, 0.25) is 0 Å². The molecule has 2 saturated heterocycles. The second kappa shape index (κ2) is 11.7. The van der Waals surface area contributed by atoms with Crippen LogP contribution in [0.15, 0.2) is 36.4 Å². The van der Waals surface area contributed by atoms with Crippen molar-refractivity contribution in [3.05, 3.63) is 41.4 Å². The van der Waals surface area contributed by atoms with Crippen molar-refractivity contribution in [2.45, 2.75) is 63.3 Å². The third kappa shape index (κ3) is 7.88. The zero-order valence-corrected chi connectivity index (χ0v) is 18.3. The molecule has 0 radical (unpaired) electrons. The molecule has 8 nitrogen and oxygen atoms in total. The van der Waals surface area contributed by atoms with E-state index in [4.69, 9.17) is 31.3 Å². The van der Waals surface area contributed by atoms with Crippen LogP contribution in [0.25, 0.3) is 0 Å². The lowest BCUT2D eigenvalue weighted by atomic mass is 10.0. The Labute approximate surface area is 186 Å². The highest BCUT2D eigenvalue weighted by atomic mass is 35.5. The number of aliphatic carboxylic acids is 2. The predicted molar refractivity (Wildman–Crippen MR) is 114 cm³/mol. The molecule has 170 valence electrons. The second-order valence-corrected chi connectivity index (χ2v) is 8.00. The van der Waals surface area contributed by atoms with E-state index >= 15 is 0 Å². The molecule has 1 aromatic rings. The van der Waals surface area contributed by atoms with E-state index in [0.717, 1.165) is 12.8 Å². The number of rotatable bonds is 7. The fourth-order valence-corrected chi connectivity index (χ4v) is 3.94. The van der Waals surface area contributed by atoms with Gasteiger partial charge in [0.25, 0.3) is 0 Å². The number of carbonyl (C=O) groups excluding carboxylic acids is 1. The van der Waals surface area contributed by atoms with Gasteiger partial charge in [-0.2, -0.15) is 0 Å². The van der Waals surface area contributed by atoms with Crippen LogP contribution in [-0.4, -0.2) is 64.4 Å². The van der Waals surface area contributed by atoms with Gasteiger partial charge in [-0.15, -0.1) is 0 Å². The summed E-state index contributed by atoms with van der Waals surface area (Å²) in [5.74, 6) is -2.13. The fourth-order valence-electron chi connectivity index (χ4n) is 3.82. The summed E-state index contributed by atoms with van der Waals surface area (Å²) in [5, 5.41) is 16.3. The molecule has 2 fully saturated rings. The molecular weight excluding hydrogens is 426 g/mol. The van der Waals surface area contributed by atoms with Crippen molar-refractivity contribution < 1.29 is 34.1 Å². The Morgan fingerprint density at radius 2 is 1.61 bits per heavy atom. The molecule has 0 saturated carbocycles. The third-order valence-corrected chi connectivity index (χ3v) is 5.68. The molecule has 0 aromatic heterocycles. The van der Waals surface area contributed by atoms with E-state index in [0.29, 0.717) is 41.4 Å². The SMILES string of the molecule is CC[C@@H](Oc1ccc(Cl)cc1)C(=O)OC1C[C@H]2CC[C@@H](C1)N2C.O=C(O)/C=C\C(=O)O. The van der Waals surface area contributed by atoms with Crippen LogP contribution in [0.3, 0.4) is 0 Å². The van der Waals surface area contributed by atoms with Crippen LogP contribution in [0.2, 0.25) is 5.02 Å². The van der Waals surface area contributed by atoms with Crippen molar-refractivity contribution in [3.63, 3.8) is 0 Å². The lowest BCUT2D eigenvalue weighted by molar-refractivity contribution is -0.161. The van der Waals surface area contributed by atoms with Crippen LogP contribution < -0.4 is 4.74 Å². The van der Waals surface area contributed by atoms with Crippen molar-refractivity contribution >= 4 is 29.5 Å². The van der Waals surface area contributed by atoms with Crippen LogP contribution in [0.5, 0.6) is 5.75 Å². The molecule has 2 heterocycles. The lowest BCUT2D eigenvalue weighted by Crippen LogP contribution is -2.44. The Balaban J connectivity index is 0.000000366. The van der Waals surface area contributed by atoms with E-state index < -0.39 is 18.0 Å². The molecule has 3 rings (SSSR count). The Morgan fingerprint density at radius 3 is 2.06 bits per heavy atom. The Kier molecular flexibility index (Phi) is 9.33. The second-order valence-electron chi connectivity index (χ2n) is 7.56. The molecule has 1 unspecified atom stereocenters. The van der Waals surface area contributed by atoms with Crippen molar-refractivity contribution in [2.75, 3.05) is 7.05 Å². The first-order valence-corrected chi connectivity index (χ1v) is 10.6. The van der Waals surface area contributed by atoms with E-state index in [-0.39, 0.29) is 12.1 Å². The summed E-state index contributed by atoms with van der Waals surface area (Å²) >= 11 is 5.87. The van der Waals surface area contributed by atoms with Crippen molar-refractivity contribution in [3.8, 4) is 5.75 Å². The van der Waals surface area contributed by atoms with Gasteiger partial charge in [0.1, 0.15) is 11.9 Å². The van der Waals surface area contributed by atoms with Gasteiger partial charge in [-0.05, 0) is 63.4 Å². The highest BCUT2D eigenvalue weighted by Gasteiger charge is 2.40. The smallest absolute Gasteiger partial charge is 0.347 e. The number of carboxylic acid groups (broad SMARTS) is 2. The minimum Gasteiger partial charge on any atom is -0.479 e. The van der Waals surface area contributed by atoms with Gasteiger partial charge in [0.05, 0.1) is 0 Å². The first-order valence-electron chi connectivity index (χ1n) is 10.2. The van der Waals surface area contributed by atoms with E-state index in [2.05, 4.69) is 11.9 Å². The molecule has 2 aliphatic heterocycles. The van der Waals surface area contributed by atoms with E-state index in [1.165, 1.54) is 12.8 Å². The molecule has 4 atom stereocenters. The molecular formula is C22H28ClNO7. The van der Waals surface area contributed by atoms with Gasteiger partial charge in [0, 0.05) is 29.3 Å². The Morgan fingerprint density at radius 1 is 1.10 bits per heavy atom. The average molecular weight is 454 g/mol. The van der Waals surface area contributed by atoms with E-state index in [1.54, 1.807) is 24.3 Å². The van der Waals surface area contributed by atoms with Gasteiger partial charge in [0.15, 0.2) is 6.10 Å². The maximum atomic E-state index is 12.4. The van der Waals surface area contributed by atoms with Gasteiger partial charge in [-0.1, -0.05) is 18.5 Å². The normalized spacial score (nSPS) is 23.5. The topological polar surface area (TPSA) is 113 Å². The maximum absolute atomic E-state index is 12.4. The van der Waals surface area contributed by atoms with Gasteiger partial charge >= 0.3 is 17.9 Å². The highest BCUT2D eigenvalue weighted by molar-refractivity contribution is 6.30. The molecule has 9 heteroatoms. The summed E-state index contributed by atoms with van der Waals surface area (Å²) in [4.78, 5) is 34.0. The van der Waals surface area contributed by atoms with Crippen LogP contribution in [0.4, 0.5) is 0 Å². The summed E-state index contributed by atoms with van der Waals surface area (Å²) in [6.07, 6.45) is 5.48. The molecule has 2 aliphatic rings. The molecule has 31 heavy (non-hydrogen) atoms. The number of nitrogens with zero attached hydrogens (tertiary/aromatic N) is 1. The molecule has 1 aromatic carbocycles. The van der Waals surface area contributed by atoms with Gasteiger partial charge in [-0.25, -0.2) is 14.4 Å². The Bertz CT molecular complexity index is 766.